The second-order valence-electron chi connectivity index (χ2n) is 2.60. The van der Waals surface area contributed by atoms with Crippen molar-refractivity contribution in [1.82, 2.24) is 0 Å². The fraction of sp³-hybridized carbons (Fsp3) is 0.250. The molecule has 0 bridgehead atoms. The van der Waals surface area contributed by atoms with Crippen LogP contribution in [-0.4, -0.2) is 0 Å². The molecule has 6 heteroatoms. The molecule has 0 aliphatic rings. The zero-order valence-electron chi connectivity index (χ0n) is 6.85. The van der Waals surface area contributed by atoms with E-state index in [2.05, 4.69) is 31.9 Å². The minimum Gasteiger partial charge on any atom is -0.203 e. The Labute approximate surface area is 94.6 Å². The largest absolute Gasteiger partial charge is 0.203 e. The third kappa shape index (κ3) is 1.82. The molecular formula is C8H4Br2F4. The van der Waals surface area contributed by atoms with Gasteiger partial charge in [0, 0.05) is 5.56 Å². The second-order valence-corrected chi connectivity index (χ2v) is 5.66. The van der Waals surface area contributed by atoms with Crippen molar-refractivity contribution >= 4 is 31.9 Å². The molecule has 0 radical (unpaired) electrons. The first-order chi connectivity index (χ1) is 6.37. The lowest BCUT2D eigenvalue weighted by Crippen LogP contribution is -2.05. The van der Waals surface area contributed by atoms with Crippen molar-refractivity contribution in [2.75, 3.05) is 0 Å². The number of halogens is 6. The van der Waals surface area contributed by atoms with Gasteiger partial charge in [-0.1, -0.05) is 31.9 Å². The Kier molecular flexibility index (Phi) is 3.58. The third-order valence-corrected chi connectivity index (χ3v) is 2.65. The summed E-state index contributed by atoms with van der Waals surface area (Å²) in [6.07, 6.45) is 0. The fourth-order valence-corrected chi connectivity index (χ4v) is 1.75. The van der Waals surface area contributed by atoms with Crippen molar-refractivity contribution in [2.45, 2.75) is 10.7 Å². The molecule has 0 heterocycles. The fourth-order valence-electron chi connectivity index (χ4n) is 0.950. The molecular weight excluding hydrogens is 332 g/mol. The van der Waals surface area contributed by atoms with Gasteiger partial charge in [0.15, 0.2) is 23.3 Å². The maximum absolute atomic E-state index is 13.1. The Balaban J connectivity index is 3.60. The van der Waals surface area contributed by atoms with Gasteiger partial charge in [-0.2, -0.15) is 0 Å². The highest BCUT2D eigenvalue weighted by Crippen LogP contribution is 2.36. The van der Waals surface area contributed by atoms with Crippen LogP contribution in [0, 0.1) is 30.2 Å². The monoisotopic (exact) mass is 334 g/mol. The second kappa shape index (κ2) is 4.18. The molecule has 0 fully saturated rings. The molecule has 1 aromatic carbocycles. The van der Waals surface area contributed by atoms with Crippen LogP contribution in [0.5, 0.6) is 0 Å². The highest BCUT2D eigenvalue weighted by Gasteiger charge is 2.25. The van der Waals surface area contributed by atoms with Gasteiger partial charge >= 0.3 is 0 Å². The Morgan fingerprint density at radius 1 is 0.857 bits per heavy atom. The van der Waals surface area contributed by atoms with Crippen LogP contribution in [-0.2, 0) is 0 Å². The summed E-state index contributed by atoms with van der Waals surface area (Å²) in [4.78, 5) is 0. The van der Waals surface area contributed by atoms with Crippen molar-refractivity contribution in [3.8, 4) is 0 Å². The van der Waals surface area contributed by atoms with E-state index in [4.69, 9.17) is 0 Å². The van der Waals surface area contributed by atoms with Crippen LogP contribution in [0.1, 0.15) is 14.9 Å². The summed E-state index contributed by atoms with van der Waals surface area (Å²) < 4.78 is 51.2. The lowest BCUT2D eigenvalue weighted by atomic mass is 10.1. The molecule has 1 rings (SSSR count). The SMILES string of the molecule is Cc1c(F)c(F)c(C(Br)Br)c(F)c1F. The molecule has 0 aliphatic heterocycles. The van der Waals surface area contributed by atoms with Crippen LogP contribution in [0.4, 0.5) is 17.6 Å². The number of benzene rings is 1. The predicted octanol–water partition coefficient (Wildman–Crippen LogP) is 4.34. The quantitative estimate of drug-likeness (QED) is 0.407. The van der Waals surface area contributed by atoms with E-state index in [-0.39, 0.29) is 0 Å². The summed E-state index contributed by atoms with van der Waals surface area (Å²) in [5.41, 5.74) is -1.37. The van der Waals surface area contributed by atoms with E-state index in [9.17, 15) is 17.6 Å². The zero-order chi connectivity index (χ0) is 11.0. The Morgan fingerprint density at radius 3 is 1.50 bits per heavy atom. The van der Waals surface area contributed by atoms with Gasteiger partial charge in [-0.3, -0.25) is 0 Å². The molecule has 0 nitrogen and oxygen atoms in total. The van der Waals surface area contributed by atoms with Gasteiger partial charge < -0.3 is 0 Å². The summed E-state index contributed by atoms with van der Waals surface area (Å²) in [7, 11) is 0. The van der Waals surface area contributed by atoms with Crippen LogP contribution < -0.4 is 0 Å². The van der Waals surface area contributed by atoms with Crippen molar-refractivity contribution in [3.63, 3.8) is 0 Å². The van der Waals surface area contributed by atoms with Crippen LogP contribution in [0.3, 0.4) is 0 Å². The summed E-state index contributed by atoms with van der Waals surface area (Å²) in [6, 6.07) is 0. The standard InChI is InChI=1S/C8H4Br2F4/c1-2-4(11)6(13)3(8(9)10)7(14)5(2)12/h8H,1H3. The topological polar surface area (TPSA) is 0 Å². The average Bonchev–Trinajstić information content (AvgIpc) is 2.11. The lowest BCUT2D eigenvalue weighted by molar-refractivity contribution is 0.436. The normalized spacial score (nSPS) is 11.1. The van der Waals surface area contributed by atoms with Gasteiger partial charge in [0.1, 0.15) is 3.74 Å². The van der Waals surface area contributed by atoms with Crippen LogP contribution >= 0.6 is 31.9 Å². The minimum atomic E-state index is -1.39. The molecule has 0 atom stereocenters. The Morgan fingerprint density at radius 2 is 1.21 bits per heavy atom. The number of hydrogen-bond acceptors (Lipinski definition) is 0. The van der Waals surface area contributed by atoms with Crippen LogP contribution in [0.25, 0.3) is 0 Å². The van der Waals surface area contributed by atoms with Crippen LogP contribution in [0.15, 0.2) is 0 Å². The highest BCUT2D eigenvalue weighted by atomic mass is 79.9. The summed E-state index contributed by atoms with van der Waals surface area (Å²) in [5, 5.41) is 0. The molecule has 0 aliphatic carbocycles. The van der Waals surface area contributed by atoms with E-state index in [0.717, 1.165) is 6.92 Å². The Bertz CT molecular complexity index is 347. The van der Waals surface area contributed by atoms with E-state index >= 15 is 0 Å². The molecule has 0 unspecified atom stereocenters. The van der Waals surface area contributed by atoms with Gasteiger partial charge in [-0.15, -0.1) is 0 Å². The van der Waals surface area contributed by atoms with Crippen molar-refractivity contribution in [1.29, 1.82) is 0 Å². The van der Waals surface area contributed by atoms with Gasteiger partial charge in [0.2, 0.25) is 0 Å². The van der Waals surface area contributed by atoms with Crippen molar-refractivity contribution in [2.24, 2.45) is 0 Å². The lowest BCUT2D eigenvalue weighted by Gasteiger charge is -2.09. The molecule has 1 aromatic rings. The molecule has 0 N–H and O–H groups in total. The summed E-state index contributed by atoms with van der Waals surface area (Å²) in [6.45, 7) is 0.970. The van der Waals surface area contributed by atoms with E-state index < -0.39 is 38.1 Å². The number of rotatable bonds is 1. The predicted molar refractivity (Wildman–Crippen MR) is 51.6 cm³/mol. The highest BCUT2D eigenvalue weighted by molar-refractivity contribution is 9.24. The first-order valence-electron chi connectivity index (χ1n) is 3.48. The average molecular weight is 336 g/mol. The van der Waals surface area contributed by atoms with Crippen molar-refractivity contribution < 1.29 is 17.6 Å². The first kappa shape index (κ1) is 12.0. The van der Waals surface area contributed by atoms with E-state index in [0.29, 0.717) is 0 Å². The van der Waals surface area contributed by atoms with E-state index in [1.54, 1.807) is 0 Å². The zero-order valence-corrected chi connectivity index (χ0v) is 10.0. The van der Waals surface area contributed by atoms with Crippen molar-refractivity contribution in [3.05, 3.63) is 34.4 Å². The molecule has 0 amide bonds. The van der Waals surface area contributed by atoms with Gasteiger partial charge in [0.25, 0.3) is 0 Å². The molecule has 78 valence electrons. The van der Waals surface area contributed by atoms with Crippen LogP contribution in [0.2, 0.25) is 0 Å². The molecule has 0 saturated carbocycles. The molecule has 0 saturated heterocycles. The third-order valence-electron chi connectivity index (χ3n) is 1.74. The van der Waals surface area contributed by atoms with Gasteiger partial charge in [-0.25, -0.2) is 17.6 Å². The number of hydrogen-bond donors (Lipinski definition) is 0. The molecule has 0 aromatic heterocycles. The molecule has 14 heavy (non-hydrogen) atoms. The summed E-state index contributed by atoms with van der Waals surface area (Å²) >= 11 is 5.56. The molecule has 0 spiro atoms. The van der Waals surface area contributed by atoms with Gasteiger partial charge in [0.05, 0.1) is 5.56 Å². The Hall–Kier alpha value is -0.100. The van der Waals surface area contributed by atoms with E-state index in [1.807, 2.05) is 0 Å². The van der Waals surface area contributed by atoms with Gasteiger partial charge in [-0.05, 0) is 6.92 Å². The summed E-state index contributed by atoms with van der Waals surface area (Å²) in [5.74, 6) is -5.52. The maximum Gasteiger partial charge on any atom is 0.167 e. The van der Waals surface area contributed by atoms with E-state index in [1.165, 1.54) is 0 Å². The smallest absolute Gasteiger partial charge is 0.167 e. The maximum atomic E-state index is 13.1. The minimum absolute atomic E-state index is 0.663. The first-order valence-corrected chi connectivity index (χ1v) is 5.31. The number of alkyl halides is 2.